The van der Waals surface area contributed by atoms with E-state index in [9.17, 15) is 0 Å². The third-order valence-corrected chi connectivity index (χ3v) is 7.49. The molecule has 2 aromatic rings. The van der Waals surface area contributed by atoms with Gasteiger partial charge in [-0.25, -0.2) is 0 Å². The summed E-state index contributed by atoms with van der Waals surface area (Å²) in [7, 11) is 2.27. The van der Waals surface area contributed by atoms with Crippen LogP contribution in [0, 0.1) is 0 Å². The van der Waals surface area contributed by atoms with E-state index in [4.69, 9.17) is 22.5 Å². The highest BCUT2D eigenvalue weighted by atomic mass is 32.1. The molecule has 6 nitrogen and oxygen atoms in total. The van der Waals surface area contributed by atoms with Crippen molar-refractivity contribution >= 4 is 34.4 Å². The van der Waals surface area contributed by atoms with Crippen molar-refractivity contribution in [2.45, 2.75) is 69.0 Å². The Kier molecular flexibility index (Phi) is 4.44. The molecule has 2 unspecified atom stereocenters. The number of thiophene rings is 1. The minimum Gasteiger partial charge on any atom is -0.376 e. The average molecular weight is 404 g/mol. The largest absolute Gasteiger partial charge is 0.376 e. The maximum absolute atomic E-state index is 6.24. The molecule has 2 saturated heterocycles. The van der Waals surface area contributed by atoms with E-state index in [2.05, 4.69) is 38.4 Å². The highest BCUT2D eigenvalue weighted by Gasteiger charge is 2.40. The zero-order valence-corrected chi connectivity index (χ0v) is 17.1. The SMILES string of the molecule is CN1C2CCCC1CC(N(C(N)=S)c1ccsc1-c1nc(C3CC3)no1)C2. The number of rotatable bonds is 4. The first-order valence-electron chi connectivity index (χ1n) is 9.84. The normalized spacial score (nSPS) is 28.3. The van der Waals surface area contributed by atoms with Crippen molar-refractivity contribution in [3.8, 4) is 10.8 Å². The maximum atomic E-state index is 6.24. The molecule has 2 aliphatic heterocycles. The first-order valence-corrected chi connectivity index (χ1v) is 11.1. The van der Waals surface area contributed by atoms with Gasteiger partial charge in [-0.2, -0.15) is 4.98 Å². The van der Waals surface area contributed by atoms with E-state index in [1.54, 1.807) is 11.3 Å². The smallest absolute Gasteiger partial charge is 0.270 e. The van der Waals surface area contributed by atoms with Gasteiger partial charge in [0.15, 0.2) is 10.9 Å². The van der Waals surface area contributed by atoms with E-state index in [0.29, 0.717) is 35.0 Å². The molecule has 2 bridgehead atoms. The summed E-state index contributed by atoms with van der Waals surface area (Å²) in [6, 6.07) is 3.65. The molecule has 0 spiro atoms. The molecule has 0 amide bonds. The lowest BCUT2D eigenvalue weighted by molar-refractivity contribution is 0.0575. The molecular weight excluding hydrogens is 378 g/mol. The van der Waals surface area contributed by atoms with Crippen LogP contribution in [0.25, 0.3) is 10.8 Å². The number of fused-ring (bicyclic) bond motifs is 2. The summed E-state index contributed by atoms with van der Waals surface area (Å²) in [5, 5.41) is 6.68. The zero-order chi connectivity index (χ0) is 18.5. The molecule has 27 heavy (non-hydrogen) atoms. The first-order chi connectivity index (χ1) is 13.1. The lowest BCUT2D eigenvalue weighted by Crippen LogP contribution is -2.57. The average Bonchev–Trinajstić information content (AvgIpc) is 3.16. The Morgan fingerprint density at radius 1 is 1.30 bits per heavy atom. The molecule has 5 rings (SSSR count). The van der Waals surface area contributed by atoms with Gasteiger partial charge in [-0.1, -0.05) is 11.6 Å². The number of thiocarbonyl (C=S) groups is 1. The first kappa shape index (κ1) is 17.6. The van der Waals surface area contributed by atoms with Crippen molar-refractivity contribution in [1.82, 2.24) is 15.0 Å². The van der Waals surface area contributed by atoms with Crippen molar-refractivity contribution in [2.24, 2.45) is 5.73 Å². The molecule has 8 heteroatoms. The van der Waals surface area contributed by atoms with Gasteiger partial charge in [0.1, 0.15) is 4.88 Å². The van der Waals surface area contributed by atoms with Crippen LogP contribution in [0.5, 0.6) is 0 Å². The molecule has 1 aliphatic carbocycles. The van der Waals surface area contributed by atoms with Gasteiger partial charge in [-0.3, -0.25) is 0 Å². The van der Waals surface area contributed by atoms with Crippen LogP contribution >= 0.6 is 23.6 Å². The molecular formula is C19H25N5OS2. The molecule has 3 aliphatic rings. The number of hydrogen-bond donors (Lipinski definition) is 1. The molecule has 144 valence electrons. The van der Waals surface area contributed by atoms with E-state index in [-0.39, 0.29) is 0 Å². The molecule has 2 atom stereocenters. The number of aromatic nitrogens is 2. The van der Waals surface area contributed by atoms with Crippen molar-refractivity contribution in [1.29, 1.82) is 0 Å². The molecule has 4 heterocycles. The van der Waals surface area contributed by atoms with Gasteiger partial charge < -0.3 is 20.1 Å². The minimum absolute atomic E-state index is 0.327. The lowest BCUT2D eigenvalue weighted by atomic mass is 9.81. The standard InChI is InChI=1S/C19H25N5OS2/c1-23-12-3-2-4-13(23)10-14(9-12)24(19(20)26)15-7-8-27-16(15)18-21-17(22-25-18)11-5-6-11/h7-8,11-14H,2-6,9-10H2,1H3,(H2,20,26). The second kappa shape index (κ2) is 6.83. The third-order valence-electron chi connectivity index (χ3n) is 6.40. The van der Waals surface area contributed by atoms with Crippen LogP contribution in [0.2, 0.25) is 0 Å². The Hall–Kier alpha value is -1.51. The summed E-state index contributed by atoms with van der Waals surface area (Å²) in [6.07, 6.45) is 8.36. The molecule has 1 saturated carbocycles. The van der Waals surface area contributed by atoms with Crippen molar-refractivity contribution in [3.05, 3.63) is 17.3 Å². The fourth-order valence-electron chi connectivity index (χ4n) is 4.78. The summed E-state index contributed by atoms with van der Waals surface area (Å²) >= 11 is 7.12. The van der Waals surface area contributed by atoms with Crippen LogP contribution in [0.1, 0.15) is 56.7 Å². The number of anilines is 1. The van der Waals surface area contributed by atoms with Gasteiger partial charge in [0.25, 0.3) is 5.89 Å². The van der Waals surface area contributed by atoms with Gasteiger partial charge in [-0.15, -0.1) is 11.3 Å². The van der Waals surface area contributed by atoms with Crippen LogP contribution in [0.4, 0.5) is 5.69 Å². The fraction of sp³-hybridized carbons (Fsp3) is 0.632. The summed E-state index contributed by atoms with van der Waals surface area (Å²) in [6.45, 7) is 0. The van der Waals surface area contributed by atoms with Crippen LogP contribution in [-0.4, -0.2) is 45.3 Å². The van der Waals surface area contributed by atoms with Crippen LogP contribution in [0.15, 0.2) is 16.0 Å². The van der Waals surface area contributed by atoms with E-state index in [1.165, 1.54) is 19.3 Å². The lowest BCUT2D eigenvalue weighted by Gasteiger charge is -2.49. The Morgan fingerprint density at radius 2 is 2.04 bits per heavy atom. The highest BCUT2D eigenvalue weighted by molar-refractivity contribution is 7.80. The minimum atomic E-state index is 0.327. The predicted molar refractivity (Wildman–Crippen MR) is 111 cm³/mol. The zero-order valence-electron chi connectivity index (χ0n) is 15.5. The monoisotopic (exact) mass is 403 g/mol. The van der Waals surface area contributed by atoms with E-state index in [0.717, 1.165) is 42.1 Å². The van der Waals surface area contributed by atoms with E-state index in [1.807, 2.05) is 0 Å². The van der Waals surface area contributed by atoms with Crippen molar-refractivity contribution in [3.63, 3.8) is 0 Å². The number of piperidine rings is 2. The summed E-state index contributed by atoms with van der Waals surface area (Å²) in [5.41, 5.74) is 7.26. The summed E-state index contributed by atoms with van der Waals surface area (Å²) in [5.74, 6) is 1.90. The summed E-state index contributed by atoms with van der Waals surface area (Å²) in [4.78, 5) is 10.3. The highest BCUT2D eigenvalue weighted by Crippen LogP contribution is 2.43. The molecule has 2 N–H and O–H groups in total. The van der Waals surface area contributed by atoms with Gasteiger partial charge in [0, 0.05) is 24.0 Å². The van der Waals surface area contributed by atoms with Gasteiger partial charge in [0.05, 0.1) is 5.69 Å². The molecule has 3 fully saturated rings. The number of nitrogens with two attached hydrogens (primary N) is 1. The second-order valence-electron chi connectivity index (χ2n) is 8.10. The van der Waals surface area contributed by atoms with Crippen LogP contribution < -0.4 is 10.6 Å². The van der Waals surface area contributed by atoms with E-state index >= 15 is 0 Å². The van der Waals surface area contributed by atoms with E-state index < -0.39 is 0 Å². The topological polar surface area (TPSA) is 71.4 Å². The number of nitrogens with zero attached hydrogens (tertiary/aromatic N) is 4. The van der Waals surface area contributed by atoms with Gasteiger partial charge in [0.2, 0.25) is 0 Å². The number of hydrogen-bond acceptors (Lipinski definition) is 6. The van der Waals surface area contributed by atoms with Gasteiger partial charge >= 0.3 is 0 Å². The Morgan fingerprint density at radius 3 is 2.70 bits per heavy atom. The maximum Gasteiger partial charge on any atom is 0.270 e. The quantitative estimate of drug-likeness (QED) is 0.780. The molecule has 2 aromatic heterocycles. The van der Waals surface area contributed by atoms with Crippen LogP contribution in [-0.2, 0) is 0 Å². The van der Waals surface area contributed by atoms with Gasteiger partial charge in [-0.05, 0) is 69.2 Å². The third kappa shape index (κ3) is 3.17. The Labute approximate surface area is 168 Å². The van der Waals surface area contributed by atoms with Crippen molar-refractivity contribution in [2.75, 3.05) is 11.9 Å². The Bertz CT molecular complexity index is 831. The predicted octanol–water partition coefficient (Wildman–Crippen LogP) is 3.74. The molecule has 0 aromatic carbocycles. The Balaban J connectivity index is 1.46. The second-order valence-corrected chi connectivity index (χ2v) is 9.44. The van der Waals surface area contributed by atoms with Crippen LogP contribution in [0.3, 0.4) is 0 Å². The van der Waals surface area contributed by atoms with Crippen molar-refractivity contribution < 1.29 is 4.52 Å². The summed E-state index contributed by atoms with van der Waals surface area (Å²) < 4.78 is 5.59. The fourth-order valence-corrected chi connectivity index (χ4v) is 5.83. The molecule has 0 radical (unpaired) electrons.